The number of hydrogen-bond acceptors (Lipinski definition) is 4. The van der Waals surface area contributed by atoms with Crippen molar-refractivity contribution in [1.29, 1.82) is 0 Å². The number of aliphatic hydroxyl groups is 1. The zero-order valence-corrected chi connectivity index (χ0v) is 10.1. The van der Waals surface area contributed by atoms with Crippen LogP contribution in [-0.4, -0.2) is 24.9 Å². The van der Waals surface area contributed by atoms with Gasteiger partial charge in [0.25, 0.3) is 0 Å². The molecule has 1 N–H and O–H groups in total. The van der Waals surface area contributed by atoms with Gasteiger partial charge >= 0.3 is 0 Å². The second kappa shape index (κ2) is 5.68. The Morgan fingerprint density at radius 3 is 3.00 bits per heavy atom. The highest BCUT2D eigenvalue weighted by atomic mass is 19.1. The second-order valence-corrected chi connectivity index (χ2v) is 3.99. The predicted molar refractivity (Wildman–Crippen MR) is 63.2 cm³/mol. The van der Waals surface area contributed by atoms with E-state index in [1.54, 1.807) is 4.68 Å². The van der Waals surface area contributed by atoms with Crippen molar-refractivity contribution in [3.05, 3.63) is 42.0 Å². The first kappa shape index (κ1) is 12.6. The Morgan fingerprint density at radius 2 is 2.28 bits per heavy atom. The Labute approximate surface area is 104 Å². The van der Waals surface area contributed by atoms with Crippen molar-refractivity contribution in [3.8, 4) is 0 Å². The molecule has 6 heteroatoms. The molecule has 18 heavy (non-hydrogen) atoms. The fourth-order valence-electron chi connectivity index (χ4n) is 1.76. The van der Waals surface area contributed by atoms with Crippen LogP contribution in [0.5, 0.6) is 0 Å². The van der Waals surface area contributed by atoms with Crippen molar-refractivity contribution in [2.45, 2.75) is 32.4 Å². The third kappa shape index (κ3) is 2.70. The fraction of sp³-hybridized carbons (Fsp3) is 0.417. The highest BCUT2D eigenvalue weighted by Gasteiger charge is 2.17. The number of aliphatic hydroxyl groups excluding tert-OH is 1. The number of rotatable bonds is 5. The van der Waals surface area contributed by atoms with Crippen LogP contribution in [-0.2, 0) is 13.0 Å². The van der Waals surface area contributed by atoms with Crippen molar-refractivity contribution >= 4 is 0 Å². The number of aromatic nitrogens is 4. The molecule has 1 unspecified atom stereocenters. The standard InChI is InChI=1S/C12H15FN4O/c1-2-6-17-11(15-8-16-17)7-10(18)12-9(13)4-3-5-14-12/h3-5,8,10,18H,2,6-7H2,1H3. The van der Waals surface area contributed by atoms with E-state index in [2.05, 4.69) is 15.1 Å². The molecule has 0 spiro atoms. The van der Waals surface area contributed by atoms with E-state index in [9.17, 15) is 9.50 Å². The SMILES string of the molecule is CCCn1ncnc1CC(O)c1ncccc1F. The summed E-state index contributed by atoms with van der Waals surface area (Å²) in [7, 11) is 0. The van der Waals surface area contributed by atoms with Crippen LogP contribution in [0.2, 0.25) is 0 Å². The van der Waals surface area contributed by atoms with E-state index >= 15 is 0 Å². The lowest BCUT2D eigenvalue weighted by Gasteiger charge is -2.11. The van der Waals surface area contributed by atoms with Crippen LogP contribution in [0, 0.1) is 5.82 Å². The van der Waals surface area contributed by atoms with E-state index in [1.165, 1.54) is 24.7 Å². The maximum Gasteiger partial charge on any atom is 0.147 e. The third-order valence-electron chi connectivity index (χ3n) is 2.61. The largest absolute Gasteiger partial charge is 0.386 e. The van der Waals surface area contributed by atoms with Gasteiger partial charge < -0.3 is 5.11 Å². The first-order chi connectivity index (χ1) is 8.72. The highest BCUT2D eigenvalue weighted by Crippen LogP contribution is 2.17. The zero-order valence-electron chi connectivity index (χ0n) is 10.1. The Balaban J connectivity index is 2.14. The molecule has 2 rings (SSSR count). The van der Waals surface area contributed by atoms with E-state index < -0.39 is 11.9 Å². The highest BCUT2D eigenvalue weighted by molar-refractivity contribution is 5.11. The predicted octanol–water partition coefficient (Wildman–Crippen LogP) is 1.50. The molecule has 2 aromatic heterocycles. The summed E-state index contributed by atoms with van der Waals surface area (Å²) in [6, 6.07) is 2.77. The van der Waals surface area contributed by atoms with Crippen LogP contribution in [0.4, 0.5) is 4.39 Å². The van der Waals surface area contributed by atoms with Crippen LogP contribution in [0.1, 0.15) is 31.0 Å². The number of halogens is 1. The molecule has 0 bridgehead atoms. The third-order valence-corrected chi connectivity index (χ3v) is 2.61. The van der Waals surface area contributed by atoms with Gasteiger partial charge in [-0.05, 0) is 18.6 Å². The molecule has 0 aromatic carbocycles. The van der Waals surface area contributed by atoms with Gasteiger partial charge in [0, 0.05) is 19.2 Å². The normalized spacial score (nSPS) is 12.6. The van der Waals surface area contributed by atoms with Gasteiger partial charge in [0.05, 0.1) is 0 Å². The number of hydrogen-bond donors (Lipinski definition) is 1. The van der Waals surface area contributed by atoms with Crippen molar-refractivity contribution in [2.75, 3.05) is 0 Å². The Kier molecular flexibility index (Phi) is 3.99. The Hall–Kier alpha value is -1.82. The van der Waals surface area contributed by atoms with Crippen LogP contribution >= 0.6 is 0 Å². The molecule has 0 saturated heterocycles. The van der Waals surface area contributed by atoms with Crippen molar-refractivity contribution in [2.24, 2.45) is 0 Å². The molecule has 1 atom stereocenters. The van der Waals surface area contributed by atoms with E-state index in [4.69, 9.17) is 0 Å². The average molecular weight is 250 g/mol. The molecular weight excluding hydrogens is 235 g/mol. The molecule has 2 heterocycles. The molecule has 5 nitrogen and oxygen atoms in total. The summed E-state index contributed by atoms with van der Waals surface area (Å²) in [4.78, 5) is 7.92. The van der Waals surface area contributed by atoms with E-state index in [-0.39, 0.29) is 12.1 Å². The molecule has 0 aliphatic rings. The smallest absolute Gasteiger partial charge is 0.147 e. The summed E-state index contributed by atoms with van der Waals surface area (Å²) in [5.41, 5.74) is 0.0450. The quantitative estimate of drug-likeness (QED) is 0.873. The first-order valence-electron chi connectivity index (χ1n) is 5.87. The molecular formula is C12H15FN4O. The fourth-order valence-corrected chi connectivity index (χ4v) is 1.76. The lowest BCUT2D eigenvalue weighted by Crippen LogP contribution is -2.12. The van der Waals surface area contributed by atoms with Gasteiger partial charge in [0.2, 0.25) is 0 Å². The molecule has 0 amide bonds. The van der Waals surface area contributed by atoms with E-state index in [0.29, 0.717) is 5.82 Å². The van der Waals surface area contributed by atoms with Crippen molar-refractivity contribution in [3.63, 3.8) is 0 Å². The van der Waals surface area contributed by atoms with Crippen LogP contribution in [0.15, 0.2) is 24.7 Å². The van der Waals surface area contributed by atoms with Gasteiger partial charge in [0.1, 0.15) is 29.8 Å². The molecule has 0 aliphatic carbocycles. The lowest BCUT2D eigenvalue weighted by atomic mass is 10.1. The summed E-state index contributed by atoms with van der Waals surface area (Å²) in [5.74, 6) is 0.126. The summed E-state index contributed by atoms with van der Waals surface area (Å²) >= 11 is 0. The molecule has 96 valence electrons. The first-order valence-corrected chi connectivity index (χ1v) is 5.87. The minimum atomic E-state index is -1.01. The number of aryl methyl sites for hydroxylation is 1. The van der Waals surface area contributed by atoms with Crippen molar-refractivity contribution < 1.29 is 9.50 Å². The molecule has 2 aromatic rings. The van der Waals surface area contributed by atoms with Crippen molar-refractivity contribution in [1.82, 2.24) is 19.7 Å². The summed E-state index contributed by atoms with van der Waals surface area (Å²) in [6.45, 7) is 2.76. The Morgan fingerprint density at radius 1 is 1.44 bits per heavy atom. The van der Waals surface area contributed by atoms with E-state index in [1.807, 2.05) is 6.92 Å². The van der Waals surface area contributed by atoms with Gasteiger partial charge in [0.15, 0.2) is 0 Å². The van der Waals surface area contributed by atoms with E-state index in [0.717, 1.165) is 13.0 Å². The summed E-state index contributed by atoms with van der Waals surface area (Å²) in [5, 5.41) is 14.0. The van der Waals surface area contributed by atoms with Gasteiger partial charge in [-0.15, -0.1) is 0 Å². The van der Waals surface area contributed by atoms with Crippen LogP contribution in [0.25, 0.3) is 0 Å². The minimum Gasteiger partial charge on any atom is -0.386 e. The lowest BCUT2D eigenvalue weighted by molar-refractivity contribution is 0.164. The monoisotopic (exact) mass is 250 g/mol. The topological polar surface area (TPSA) is 63.8 Å². The minimum absolute atomic E-state index is 0.0450. The summed E-state index contributed by atoms with van der Waals surface area (Å²) in [6.07, 6.45) is 3.01. The molecule has 0 aliphatic heterocycles. The number of nitrogens with zero attached hydrogens (tertiary/aromatic N) is 4. The van der Waals surface area contributed by atoms with Gasteiger partial charge in [-0.1, -0.05) is 6.92 Å². The van der Waals surface area contributed by atoms with Gasteiger partial charge in [-0.25, -0.2) is 9.37 Å². The number of pyridine rings is 1. The second-order valence-electron chi connectivity index (χ2n) is 3.99. The molecule has 0 saturated carbocycles. The molecule has 0 fully saturated rings. The van der Waals surface area contributed by atoms with Gasteiger partial charge in [-0.2, -0.15) is 5.10 Å². The molecule has 0 radical (unpaired) electrons. The maximum absolute atomic E-state index is 13.5. The zero-order chi connectivity index (χ0) is 13.0. The Bertz CT molecular complexity index is 514. The summed E-state index contributed by atoms with van der Waals surface area (Å²) < 4.78 is 15.2. The average Bonchev–Trinajstić information content (AvgIpc) is 2.78. The van der Waals surface area contributed by atoms with Gasteiger partial charge in [-0.3, -0.25) is 9.67 Å². The van der Waals surface area contributed by atoms with Crippen LogP contribution < -0.4 is 0 Å². The maximum atomic E-state index is 13.5. The van der Waals surface area contributed by atoms with Crippen LogP contribution in [0.3, 0.4) is 0 Å².